The summed E-state index contributed by atoms with van der Waals surface area (Å²) in [6, 6.07) is 0. The first-order valence-corrected chi connectivity index (χ1v) is 10.1. The van der Waals surface area contributed by atoms with Crippen LogP contribution < -0.4 is 0 Å². The van der Waals surface area contributed by atoms with Crippen molar-refractivity contribution < 1.29 is 23.4 Å². The van der Waals surface area contributed by atoms with Crippen LogP contribution in [0.1, 0.15) is 20.8 Å². The van der Waals surface area contributed by atoms with Crippen molar-refractivity contribution in [3.05, 3.63) is 0 Å². The fraction of sp³-hybridized carbons (Fsp3) is 0.800. The SMILES string of the molecule is CCOC(=O)N(C)C(=O)CSP(=S)(OCC)OCC. The highest BCUT2D eigenvalue weighted by molar-refractivity contribution is 8.68. The van der Waals surface area contributed by atoms with Gasteiger partial charge < -0.3 is 13.8 Å². The number of nitrogens with zero attached hydrogens (tertiary/aromatic N) is 1. The Morgan fingerprint density at radius 2 is 1.68 bits per heavy atom. The van der Waals surface area contributed by atoms with Crippen molar-refractivity contribution in [3.8, 4) is 0 Å². The molecule has 0 aromatic carbocycles. The van der Waals surface area contributed by atoms with Gasteiger partial charge in [0.15, 0.2) is 0 Å². The van der Waals surface area contributed by atoms with Crippen LogP contribution in [0.3, 0.4) is 0 Å². The summed E-state index contributed by atoms with van der Waals surface area (Å²) in [4.78, 5) is 24.1. The van der Waals surface area contributed by atoms with E-state index in [9.17, 15) is 9.59 Å². The average molecular weight is 329 g/mol. The van der Waals surface area contributed by atoms with E-state index in [2.05, 4.69) is 0 Å². The second-order valence-electron chi connectivity index (χ2n) is 3.21. The molecule has 19 heavy (non-hydrogen) atoms. The van der Waals surface area contributed by atoms with Gasteiger partial charge >= 0.3 is 6.09 Å². The quantitative estimate of drug-likeness (QED) is 0.634. The lowest BCUT2D eigenvalue weighted by atomic mass is 10.6. The van der Waals surface area contributed by atoms with Gasteiger partial charge in [0, 0.05) is 7.05 Å². The predicted octanol–water partition coefficient (Wildman–Crippen LogP) is 2.63. The van der Waals surface area contributed by atoms with Crippen LogP contribution in [0.4, 0.5) is 4.79 Å². The molecule has 0 heterocycles. The summed E-state index contributed by atoms with van der Waals surface area (Å²) >= 11 is 6.39. The molecule has 0 aliphatic rings. The van der Waals surface area contributed by atoms with Gasteiger partial charge in [-0.2, -0.15) is 0 Å². The molecule has 0 radical (unpaired) electrons. The number of hydrogen-bond donors (Lipinski definition) is 0. The van der Waals surface area contributed by atoms with Gasteiger partial charge in [-0.25, -0.2) is 9.69 Å². The van der Waals surface area contributed by atoms with Crippen molar-refractivity contribution in [3.63, 3.8) is 0 Å². The molecule has 0 N–H and O–H groups in total. The van der Waals surface area contributed by atoms with Crippen molar-refractivity contribution in [2.24, 2.45) is 0 Å². The molecule has 0 aliphatic heterocycles. The van der Waals surface area contributed by atoms with Crippen molar-refractivity contribution in [1.29, 1.82) is 0 Å². The standard InChI is InChI=1S/C10H20NO5PS2/c1-5-14-10(13)11(4)9(12)8-19-17(18,15-6-2)16-7-3/h5-8H2,1-4H3. The molecule has 0 aliphatic carbocycles. The minimum Gasteiger partial charge on any atom is -0.449 e. The van der Waals surface area contributed by atoms with E-state index < -0.39 is 17.7 Å². The molecule has 2 amide bonds. The van der Waals surface area contributed by atoms with Gasteiger partial charge in [-0.15, -0.1) is 0 Å². The summed E-state index contributed by atoms with van der Waals surface area (Å²) in [7, 11) is 1.37. The van der Waals surface area contributed by atoms with E-state index in [0.29, 0.717) is 13.2 Å². The molecule has 112 valence electrons. The predicted molar refractivity (Wildman–Crippen MR) is 79.8 cm³/mol. The number of amides is 2. The molecule has 0 rings (SSSR count). The van der Waals surface area contributed by atoms with E-state index in [1.54, 1.807) is 6.92 Å². The molecule has 0 spiro atoms. The molecule has 0 aromatic rings. The van der Waals surface area contributed by atoms with Gasteiger partial charge in [-0.3, -0.25) is 4.79 Å². The summed E-state index contributed by atoms with van der Waals surface area (Å²) in [5.41, 5.74) is -2.51. The minimum atomic E-state index is -2.51. The Labute approximate surface area is 123 Å². The maximum Gasteiger partial charge on any atom is 0.416 e. The van der Waals surface area contributed by atoms with Crippen molar-refractivity contribution in [2.75, 3.05) is 32.6 Å². The topological polar surface area (TPSA) is 65.1 Å². The molecule has 0 atom stereocenters. The molecule has 9 heteroatoms. The highest BCUT2D eigenvalue weighted by atomic mass is 32.9. The molecule has 0 bridgehead atoms. The normalized spacial score (nSPS) is 11.2. The minimum absolute atomic E-state index is 0.0204. The highest BCUT2D eigenvalue weighted by Crippen LogP contribution is 2.60. The third kappa shape index (κ3) is 7.27. The Balaban J connectivity index is 4.40. The number of carbonyl (C=O) groups excluding carboxylic acids is 2. The zero-order valence-electron chi connectivity index (χ0n) is 11.6. The Morgan fingerprint density at radius 1 is 1.16 bits per heavy atom. The van der Waals surface area contributed by atoms with Gasteiger partial charge in [0.2, 0.25) is 11.6 Å². The first-order valence-electron chi connectivity index (χ1n) is 5.87. The lowest BCUT2D eigenvalue weighted by molar-refractivity contribution is -0.125. The summed E-state index contributed by atoms with van der Waals surface area (Å²) in [6.45, 7) is 6.37. The largest absolute Gasteiger partial charge is 0.449 e. The number of carbonyl (C=O) groups is 2. The van der Waals surface area contributed by atoms with Crippen LogP contribution in [0, 0.1) is 0 Å². The molecular formula is C10H20NO5PS2. The van der Waals surface area contributed by atoms with Gasteiger partial charge in [0.05, 0.1) is 25.6 Å². The van der Waals surface area contributed by atoms with Gasteiger partial charge in [0.25, 0.3) is 0 Å². The van der Waals surface area contributed by atoms with Gasteiger partial charge in [0.1, 0.15) is 0 Å². The zero-order chi connectivity index (χ0) is 14.9. The molecule has 0 saturated heterocycles. The molecule has 6 nitrogen and oxygen atoms in total. The summed E-state index contributed by atoms with van der Waals surface area (Å²) in [6.07, 6.45) is -0.672. The lowest BCUT2D eigenvalue weighted by Crippen LogP contribution is -2.34. The molecule has 0 unspecified atom stereocenters. The van der Waals surface area contributed by atoms with Crippen molar-refractivity contribution >= 4 is 40.9 Å². The second kappa shape index (κ2) is 9.72. The summed E-state index contributed by atoms with van der Waals surface area (Å²) in [5, 5.41) is 0. The molecular weight excluding hydrogens is 309 g/mol. The van der Waals surface area contributed by atoms with Crippen molar-refractivity contribution in [1.82, 2.24) is 4.90 Å². The Morgan fingerprint density at radius 3 is 2.11 bits per heavy atom. The van der Waals surface area contributed by atoms with Crippen LogP contribution in [-0.2, 0) is 30.4 Å². The third-order valence-electron chi connectivity index (χ3n) is 1.84. The molecule has 0 aromatic heterocycles. The fourth-order valence-corrected chi connectivity index (χ4v) is 5.29. The van der Waals surface area contributed by atoms with Crippen molar-refractivity contribution in [2.45, 2.75) is 20.8 Å². The highest BCUT2D eigenvalue weighted by Gasteiger charge is 2.24. The third-order valence-corrected chi connectivity index (χ3v) is 7.23. The maximum atomic E-state index is 11.8. The van der Waals surface area contributed by atoms with E-state index in [-0.39, 0.29) is 12.4 Å². The lowest BCUT2D eigenvalue weighted by Gasteiger charge is -2.21. The average Bonchev–Trinajstić information content (AvgIpc) is 2.36. The second-order valence-corrected chi connectivity index (χ2v) is 9.52. The van der Waals surface area contributed by atoms with Crippen LogP contribution >= 0.6 is 17.1 Å². The number of imide groups is 1. The first-order chi connectivity index (χ1) is 8.90. The zero-order valence-corrected chi connectivity index (χ0v) is 14.1. The van der Waals surface area contributed by atoms with Crippen LogP contribution in [0.2, 0.25) is 0 Å². The van der Waals surface area contributed by atoms with Crippen LogP contribution in [0.25, 0.3) is 0 Å². The number of rotatable bonds is 8. The van der Waals surface area contributed by atoms with E-state index in [4.69, 9.17) is 25.6 Å². The smallest absolute Gasteiger partial charge is 0.416 e. The summed E-state index contributed by atoms with van der Waals surface area (Å²) < 4.78 is 15.5. The Hall–Kier alpha value is -0.140. The monoisotopic (exact) mass is 329 g/mol. The maximum absolute atomic E-state index is 11.8. The Kier molecular flexibility index (Phi) is 9.64. The van der Waals surface area contributed by atoms with E-state index in [1.165, 1.54) is 7.05 Å². The first kappa shape index (κ1) is 18.9. The van der Waals surface area contributed by atoms with Gasteiger partial charge in [-0.05, 0) is 32.6 Å². The van der Waals surface area contributed by atoms with Crippen LogP contribution in [0.15, 0.2) is 0 Å². The van der Waals surface area contributed by atoms with E-state index >= 15 is 0 Å². The van der Waals surface area contributed by atoms with Crippen LogP contribution in [-0.4, -0.2) is 49.5 Å². The van der Waals surface area contributed by atoms with Gasteiger partial charge in [-0.1, -0.05) is 11.4 Å². The fourth-order valence-electron chi connectivity index (χ4n) is 0.981. The Bertz CT molecular complexity index is 343. The van der Waals surface area contributed by atoms with Crippen LogP contribution in [0.5, 0.6) is 0 Å². The number of hydrogen-bond acceptors (Lipinski definition) is 7. The molecule has 0 saturated carbocycles. The van der Waals surface area contributed by atoms with E-state index in [0.717, 1.165) is 16.3 Å². The summed E-state index contributed by atoms with van der Waals surface area (Å²) in [5.74, 6) is -0.371. The molecule has 0 fully saturated rings. The number of ether oxygens (including phenoxy) is 1. The van der Waals surface area contributed by atoms with E-state index in [1.807, 2.05) is 13.8 Å².